The lowest BCUT2D eigenvalue weighted by Crippen LogP contribution is -2.23. The first-order valence-corrected chi connectivity index (χ1v) is 6.20. The van der Waals surface area contributed by atoms with Crippen molar-refractivity contribution in [1.82, 2.24) is 0 Å². The van der Waals surface area contributed by atoms with E-state index in [2.05, 4.69) is 39.4 Å². The third kappa shape index (κ3) is 1.28. The first-order chi connectivity index (χ1) is 6.84. The molecule has 2 unspecified atom stereocenters. The monoisotopic (exact) mass is 251 g/mol. The quantitative estimate of drug-likeness (QED) is 0.738. The van der Waals surface area contributed by atoms with E-state index in [1.807, 2.05) is 0 Å². The molecule has 1 aliphatic carbocycles. The Kier molecular flexibility index (Phi) is 2.05. The van der Waals surface area contributed by atoms with Crippen LogP contribution in [0.4, 0.5) is 5.69 Å². The molecule has 1 nitrogen and oxygen atoms in total. The molecule has 3 rings (SSSR count). The SMILES string of the molecule is Brc1ccc2c(c1)C1CCCCC1N2. The number of fused-ring (bicyclic) bond motifs is 3. The average Bonchev–Trinajstić information content (AvgIpc) is 2.56. The van der Waals surface area contributed by atoms with Crippen LogP contribution in [0.25, 0.3) is 0 Å². The van der Waals surface area contributed by atoms with E-state index < -0.39 is 0 Å². The molecule has 0 bridgehead atoms. The summed E-state index contributed by atoms with van der Waals surface area (Å²) in [6.45, 7) is 0. The molecule has 0 spiro atoms. The number of anilines is 1. The van der Waals surface area contributed by atoms with Crippen molar-refractivity contribution in [1.29, 1.82) is 0 Å². The van der Waals surface area contributed by atoms with Gasteiger partial charge in [-0.15, -0.1) is 0 Å². The van der Waals surface area contributed by atoms with Gasteiger partial charge in [0.2, 0.25) is 0 Å². The van der Waals surface area contributed by atoms with Crippen LogP contribution >= 0.6 is 15.9 Å². The number of benzene rings is 1. The Bertz CT molecular complexity index is 361. The zero-order chi connectivity index (χ0) is 9.54. The Morgan fingerprint density at radius 2 is 2.07 bits per heavy atom. The minimum Gasteiger partial charge on any atom is -0.381 e. The molecule has 0 amide bonds. The minimum atomic E-state index is 0.716. The van der Waals surface area contributed by atoms with E-state index in [9.17, 15) is 0 Å². The molecular weight excluding hydrogens is 238 g/mol. The van der Waals surface area contributed by atoms with Gasteiger partial charge in [-0.2, -0.15) is 0 Å². The summed E-state index contributed by atoms with van der Waals surface area (Å²) in [5.74, 6) is 0.774. The summed E-state index contributed by atoms with van der Waals surface area (Å²) in [7, 11) is 0. The molecule has 1 saturated carbocycles. The fourth-order valence-corrected chi connectivity index (χ4v) is 3.23. The normalized spacial score (nSPS) is 29.2. The Hall–Kier alpha value is -0.500. The summed E-state index contributed by atoms with van der Waals surface area (Å²) in [6.07, 6.45) is 5.50. The standard InChI is InChI=1S/C12H14BrN/c13-8-5-6-12-10(7-8)9-3-1-2-4-11(9)14-12/h5-7,9,11,14H,1-4H2. The van der Waals surface area contributed by atoms with E-state index in [-0.39, 0.29) is 0 Å². The first kappa shape index (κ1) is 8.78. The number of nitrogens with one attached hydrogen (secondary N) is 1. The summed E-state index contributed by atoms with van der Waals surface area (Å²) < 4.78 is 1.21. The van der Waals surface area contributed by atoms with E-state index >= 15 is 0 Å². The second-order valence-electron chi connectivity index (χ2n) is 4.37. The zero-order valence-corrected chi connectivity index (χ0v) is 9.68. The highest BCUT2D eigenvalue weighted by molar-refractivity contribution is 9.10. The van der Waals surface area contributed by atoms with E-state index in [0.717, 1.165) is 5.92 Å². The summed E-state index contributed by atoms with van der Waals surface area (Å²) in [5, 5.41) is 3.64. The van der Waals surface area contributed by atoms with Gasteiger partial charge in [-0.05, 0) is 36.6 Å². The van der Waals surface area contributed by atoms with Crippen molar-refractivity contribution >= 4 is 21.6 Å². The predicted molar refractivity (Wildman–Crippen MR) is 62.8 cm³/mol. The average molecular weight is 252 g/mol. The van der Waals surface area contributed by atoms with Crippen LogP contribution in [0.3, 0.4) is 0 Å². The van der Waals surface area contributed by atoms with Crippen molar-refractivity contribution in [3.63, 3.8) is 0 Å². The maximum absolute atomic E-state index is 3.64. The van der Waals surface area contributed by atoms with E-state index in [1.165, 1.54) is 41.4 Å². The molecule has 14 heavy (non-hydrogen) atoms. The van der Waals surface area contributed by atoms with Crippen LogP contribution in [-0.4, -0.2) is 6.04 Å². The summed E-state index contributed by atoms with van der Waals surface area (Å²) in [4.78, 5) is 0. The lowest BCUT2D eigenvalue weighted by Gasteiger charge is -2.25. The van der Waals surface area contributed by atoms with Gasteiger partial charge in [0.05, 0.1) is 0 Å². The molecule has 2 atom stereocenters. The molecule has 1 N–H and O–H groups in total. The molecule has 0 aromatic heterocycles. The van der Waals surface area contributed by atoms with E-state index in [4.69, 9.17) is 0 Å². The van der Waals surface area contributed by atoms with Gasteiger partial charge in [-0.3, -0.25) is 0 Å². The highest BCUT2D eigenvalue weighted by atomic mass is 79.9. The summed E-state index contributed by atoms with van der Waals surface area (Å²) in [6, 6.07) is 7.34. The van der Waals surface area contributed by atoms with Gasteiger partial charge in [-0.1, -0.05) is 28.8 Å². The molecule has 1 aliphatic heterocycles. The van der Waals surface area contributed by atoms with Gasteiger partial charge in [-0.25, -0.2) is 0 Å². The smallest absolute Gasteiger partial charge is 0.0379 e. The van der Waals surface area contributed by atoms with Gasteiger partial charge in [0, 0.05) is 22.1 Å². The minimum absolute atomic E-state index is 0.716. The molecule has 2 aliphatic rings. The maximum atomic E-state index is 3.64. The third-order valence-corrected chi connectivity index (χ3v) is 4.01. The van der Waals surface area contributed by atoms with Crippen molar-refractivity contribution < 1.29 is 0 Å². The number of halogens is 1. The molecule has 1 fully saturated rings. The Balaban J connectivity index is 2.02. The predicted octanol–water partition coefficient (Wildman–Crippen LogP) is 3.90. The Labute approximate surface area is 93.0 Å². The van der Waals surface area contributed by atoms with E-state index in [0.29, 0.717) is 6.04 Å². The maximum Gasteiger partial charge on any atom is 0.0379 e. The van der Waals surface area contributed by atoms with Crippen molar-refractivity contribution in [2.24, 2.45) is 0 Å². The van der Waals surface area contributed by atoms with Gasteiger partial charge >= 0.3 is 0 Å². The van der Waals surface area contributed by atoms with Crippen LogP contribution < -0.4 is 5.32 Å². The third-order valence-electron chi connectivity index (χ3n) is 3.52. The lowest BCUT2D eigenvalue weighted by atomic mass is 9.83. The lowest BCUT2D eigenvalue weighted by molar-refractivity contribution is 0.422. The van der Waals surface area contributed by atoms with Crippen LogP contribution in [0.1, 0.15) is 37.2 Å². The molecule has 0 saturated heterocycles. The Morgan fingerprint density at radius 3 is 3.00 bits per heavy atom. The topological polar surface area (TPSA) is 12.0 Å². The van der Waals surface area contributed by atoms with Crippen molar-refractivity contribution in [2.75, 3.05) is 5.32 Å². The Morgan fingerprint density at radius 1 is 1.21 bits per heavy atom. The van der Waals surface area contributed by atoms with Crippen LogP contribution in [0.5, 0.6) is 0 Å². The molecule has 1 aromatic carbocycles. The highest BCUT2D eigenvalue weighted by Crippen LogP contribution is 2.44. The van der Waals surface area contributed by atoms with Crippen LogP contribution in [-0.2, 0) is 0 Å². The van der Waals surface area contributed by atoms with Crippen LogP contribution in [0.15, 0.2) is 22.7 Å². The van der Waals surface area contributed by atoms with Gasteiger partial charge in [0.25, 0.3) is 0 Å². The van der Waals surface area contributed by atoms with Gasteiger partial charge < -0.3 is 5.32 Å². The van der Waals surface area contributed by atoms with Crippen molar-refractivity contribution in [3.05, 3.63) is 28.2 Å². The molecule has 2 heteroatoms. The fourth-order valence-electron chi connectivity index (χ4n) is 2.85. The van der Waals surface area contributed by atoms with Crippen molar-refractivity contribution in [2.45, 2.75) is 37.6 Å². The number of hydrogen-bond donors (Lipinski definition) is 1. The summed E-state index contributed by atoms with van der Waals surface area (Å²) >= 11 is 3.55. The first-order valence-electron chi connectivity index (χ1n) is 5.40. The molecule has 1 heterocycles. The molecule has 74 valence electrons. The fraction of sp³-hybridized carbons (Fsp3) is 0.500. The summed E-state index contributed by atoms with van der Waals surface area (Å²) in [5.41, 5.74) is 2.90. The number of rotatable bonds is 0. The van der Waals surface area contributed by atoms with Gasteiger partial charge in [0.1, 0.15) is 0 Å². The van der Waals surface area contributed by atoms with Crippen LogP contribution in [0.2, 0.25) is 0 Å². The van der Waals surface area contributed by atoms with Gasteiger partial charge in [0.15, 0.2) is 0 Å². The molecule has 1 aromatic rings. The van der Waals surface area contributed by atoms with Crippen molar-refractivity contribution in [3.8, 4) is 0 Å². The second kappa shape index (κ2) is 3.27. The van der Waals surface area contributed by atoms with Crippen LogP contribution in [0, 0.1) is 0 Å². The highest BCUT2D eigenvalue weighted by Gasteiger charge is 2.33. The molecular formula is C12H14BrN. The van der Waals surface area contributed by atoms with E-state index in [1.54, 1.807) is 0 Å². The molecule has 0 radical (unpaired) electrons. The second-order valence-corrected chi connectivity index (χ2v) is 5.29. The zero-order valence-electron chi connectivity index (χ0n) is 8.09. The number of hydrogen-bond acceptors (Lipinski definition) is 1. The largest absolute Gasteiger partial charge is 0.381 e.